The van der Waals surface area contributed by atoms with Gasteiger partial charge in [-0.15, -0.1) is 11.3 Å². The third-order valence-corrected chi connectivity index (χ3v) is 4.71. The van der Waals surface area contributed by atoms with Crippen molar-refractivity contribution in [1.29, 1.82) is 0 Å². The van der Waals surface area contributed by atoms with Crippen LogP contribution in [0.5, 0.6) is 0 Å². The van der Waals surface area contributed by atoms with Gasteiger partial charge in [0.1, 0.15) is 16.7 Å². The predicted octanol–water partition coefficient (Wildman–Crippen LogP) is 3.01. The molecule has 1 aromatic carbocycles. The first kappa shape index (κ1) is 15.4. The van der Waals surface area contributed by atoms with Crippen molar-refractivity contribution < 1.29 is 4.79 Å². The fourth-order valence-corrected chi connectivity index (χ4v) is 3.36. The number of aryl methyl sites for hydroxylation is 3. The number of amides is 1. The zero-order valence-electron chi connectivity index (χ0n) is 13.3. The van der Waals surface area contributed by atoms with Crippen molar-refractivity contribution in [2.45, 2.75) is 19.9 Å². The molecule has 0 aliphatic heterocycles. The molecule has 3 rings (SSSR count). The van der Waals surface area contributed by atoms with Gasteiger partial charge in [-0.2, -0.15) is 0 Å². The zero-order chi connectivity index (χ0) is 16.4. The van der Waals surface area contributed by atoms with E-state index in [2.05, 4.69) is 15.3 Å². The summed E-state index contributed by atoms with van der Waals surface area (Å²) in [5.41, 5.74) is 1.76. The van der Waals surface area contributed by atoms with Gasteiger partial charge in [0.25, 0.3) is 5.91 Å². The molecule has 0 fully saturated rings. The zero-order valence-corrected chi connectivity index (χ0v) is 14.1. The number of aromatic nitrogens is 3. The van der Waals surface area contributed by atoms with Crippen molar-refractivity contribution in [1.82, 2.24) is 19.9 Å². The van der Waals surface area contributed by atoms with Crippen LogP contribution in [0, 0.1) is 13.8 Å². The van der Waals surface area contributed by atoms with Gasteiger partial charge < -0.3 is 9.88 Å². The fraction of sp³-hybridized carbons (Fsp3) is 0.235. The summed E-state index contributed by atoms with van der Waals surface area (Å²) >= 11 is 1.41. The van der Waals surface area contributed by atoms with E-state index < -0.39 is 0 Å². The van der Waals surface area contributed by atoms with Gasteiger partial charge in [-0.05, 0) is 19.4 Å². The Hall–Kier alpha value is -2.47. The number of nitrogens with one attached hydrogen (secondary N) is 1. The summed E-state index contributed by atoms with van der Waals surface area (Å²) in [5.74, 6) is 0.674. The quantitative estimate of drug-likeness (QED) is 0.802. The molecule has 0 radical (unpaired) electrons. The third kappa shape index (κ3) is 3.17. The number of thiazole rings is 1. The molecule has 2 aromatic heterocycles. The molecule has 1 atom stereocenters. The lowest BCUT2D eigenvalue weighted by Crippen LogP contribution is -2.31. The summed E-state index contributed by atoms with van der Waals surface area (Å²) in [6.45, 7) is 3.76. The molecule has 0 aliphatic carbocycles. The molecule has 0 aliphatic rings. The lowest BCUT2D eigenvalue weighted by atomic mass is 10.1. The minimum atomic E-state index is -0.300. The first-order valence-electron chi connectivity index (χ1n) is 7.33. The van der Waals surface area contributed by atoms with Gasteiger partial charge in [0.2, 0.25) is 0 Å². The van der Waals surface area contributed by atoms with E-state index in [0.29, 0.717) is 4.88 Å². The molecular formula is C17H18N4OS. The minimum Gasteiger partial charge on any atom is -0.337 e. The van der Waals surface area contributed by atoms with Crippen LogP contribution >= 0.6 is 11.3 Å². The van der Waals surface area contributed by atoms with E-state index in [1.54, 1.807) is 6.20 Å². The number of carbonyl (C=O) groups is 1. The lowest BCUT2D eigenvalue weighted by Gasteiger charge is -2.19. The Bertz CT molecular complexity index is 822. The highest BCUT2D eigenvalue weighted by atomic mass is 32.1. The Morgan fingerprint density at radius 3 is 2.57 bits per heavy atom. The molecule has 0 spiro atoms. The lowest BCUT2D eigenvalue weighted by molar-refractivity contribution is 0.0944. The molecule has 0 bridgehead atoms. The van der Waals surface area contributed by atoms with Crippen LogP contribution in [-0.4, -0.2) is 20.4 Å². The second kappa shape index (κ2) is 6.34. The normalized spacial score (nSPS) is 12.1. The maximum atomic E-state index is 12.7. The average molecular weight is 326 g/mol. The molecule has 1 amide bonds. The van der Waals surface area contributed by atoms with Crippen LogP contribution < -0.4 is 5.32 Å². The highest BCUT2D eigenvalue weighted by Gasteiger charge is 2.23. The van der Waals surface area contributed by atoms with E-state index in [0.717, 1.165) is 22.1 Å². The molecule has 1 N–H and O–H groups in total. The third-order valence-electron chi connectivity index (χ3n) is 3.63. The topological polar surface area (TPSA) is 59.8 Å². The number of nitrogens with zero attached hydrogens (tertiary/aromatic N) is 3. The summed E-state index contributed by atoms with van der Waals surface area (Å²) in [4.78, 5) is 22.1. The summed E-state index contributed by atoms with van der Waals surface area (Å²) in [6.07, 6.45) is 3.61. The Kier molecular flexibility index (Phi) is 4.25. The van der Waals surface area contributed by atoms with Gasteiger partial charge >= 0.3 is 0 Å². The smallest absolute Gasteiger partial charge is 0.264 e. The molecular weight excluding hydrogens is 308 g/mol. The highest BCUT2D eigenvalue weighted by molar-refractivity contribution is 7.13. The maximum absolute atomic E-state index is 12.7. The highest BCUT2D eigenvalue weighted by Crippen LogP contribution is 2.23. The molecule has 6 heteroatoms. The first-order valence-corrected chi connectivity index (χ1v) is 8.15. The van der Waals surface area contributed by atoms with E-state index in [1.807, 2.05) is 62.0 Å². The molecule has 0 saturated carbocycles. The van der Waals surface area contributed by atoms with E-state index in [4.69, 9.17) is 0 Å². The Balaban J connectivity index is 1.95. The van der Waals surface area contributed by atoms with Crippen LogP contribution in [-0.2, 0) is 7.05 Å². The molecule has 5 nitrogen and oxygen atoms in total. The van der Waals surface area contributed by atoms with Gasteiger partial charge in [0.05, 0.1) is 10.7 Å². The Labute approximate surface area is 139 Å². The van der Waals surface area contributed by atoms with Crippen LogP contribution in [0.25, 0.3) is 0 Å². The van der Waals surface area contributed by atoms with Gasteiger partial charge in [-0.1, -0.05) is 30.3 Å². The Morgan fingerprint density at radius 1 is 1.26 bits per heavy atom. The average Bonchev–Trinajstić information content (AvgIpc) is 3.11. The molecule has 0 unspecified atom stereocenters. The summed E-state index contributed by atoms with van der Waals surface area (Å²) < 4.78 is 1.92. The monoisotopic (exact) mass is 326 g/mol. The molecule has 23 heavy (non-hydrogen) atoms. The van der Waals surface area contributed by atoms with Crippen molar-refractivity contribution in [3.8, 4) is 0 Å². The molecule has 2 heterocycles. The number of benzene rings is 1. The van der Waals surface area contributed by atoms with Gasteiger partial charge in [0, 0.05) is 19.4 Å². The van der Waals surface area contributed by atoms with E-state index in [1.165, 1.54) is 11.3 Å². The number of hydrogen-bond donors (Lipinski definition) is 1. The summed E-state index contributed by atoms with van der Waals surface area (Å²) in [5, 5.41) is 3.98. The van der Waals surface area contributed by atoms with Crippen molar-refractivity contribution in [3.63, 3.8) is 0 Å². The van der Waals surface area contributed by atoms with Gasteiger partial charge in [-0.25, -0.2) is 9.97 Å². The van der Waals surface area contributed by atoms with Crippen molar-refractivity contribution in [2.75, 3.05) is 0 Å². The fourth-order valence-electron chi connectivity index (χ4n) is 2.54. The first-order chi connectivity index (χ1) is 11.1. The predicted molar refractivity (Wildman–Crippen MR) is 90.5 cm³/mol. The van der Waals surface area contributed by atoms with Gasteiger partial charge in [-0.3, -0.25) is 4.79 Å². The molecule has 3 aromatic rings. The number of imidazole rings is 1. The van der Waals surface area contributed by atoms with E-state index in [-0.39, 0.29) is 11.9 Å². The van der Waals surface area contributed by atoms with Crippen molar-refractivity contribution in [2.24, 2.45) is 7.05 Å². The van der Waals surface area contributed by atoms with Crippen LogP contribution in [0.15, 0.2) is 42.7 Å². The van der Waals surface area contributed by atoms with Crippen molar-refractivity contribution >= 4 is 17.2 Å². The Morgan fingerprint density at radius 2 is 2.00 bits per heavy atom. The van der Waals surface area contributed by atoms with E-state index in [9.17, 15) is 4.79 Å². The van der Waals surface area contributed by atoms with Crippen LogP contribution in [0.1, 0.15) is 37.8 Å². The van der Waals surface area contributed by atoms with Crippen LogP contribution in [0.4, 0.5) is 0 Å². The summed E-state index contributed by atoms with van der Waals surface area (Å²) in [7, 11) is 1.92. The number of carbonyl (C=O) groups excluding carboxylic acids is 1. The van der Waals surface area contributed by atoms with Crippen LogP contribution in [0.3, 0.4) is 0 Å². The van der Waals surface area contributed by atoms with Crippen molar-refractivity contribution in [3.05, 3.63) is 69.7 Å². The largest absolute Gasteiger partial charge is 0.337 e. The summed E-state index contributed by atoms with van der Waals surface area (Å²) in [6, 6.07) is 9.55. The molecule has 118 valence electrons. The number of hydrogen-bond acceptors (Lipinski definition) is 4. The SMILES string of the molecule is Cc1nc(C)c(C(=O)N[C@H](c2ccccc2)c2nccn2C)s1. The van der Waals surface area contributed by atoms with Crippen LogP contribution in [0.2, 0.25) is 0 Å². The van der Waals surface area contributed by atoms with E-state index >= 15 is 0 Å². The number of rotatable bonds is 4. The standard InChI is InChI=1S/C17H18N4OS/c1-11-15(23-12(2)19-11)17(22)20-14(13-7-5-4-6-8-13)16-18-9-10-21(16)3/h4-10,14H,1-3H3,(H,20,22)/t14-/m1/s1. The minimum absolute atomic E-state index is 0.120. The second-order valence-corrected chi connectivity index (χ2v) is 6.56. The maximum Gasteiger partial charge on any atom is 0.264 e. The van der Waals surface area contributed by atoms with Gasteiger partial charge in [0.15, 0.2) is 0 Å². The molecule has 0 saturated heterocycles. The second-order valence-electron chi connectivity index (χ2n) is 5.36.